The number of carbonyl (C=O) groups is 1. The Morgan fingerprint density at radius 2 is 2.20 bits per heavy atom. The second-order valence-corrected chi connectivity index (χ2v) is 3.63. The molecule has 0 aromatic rings. The fraction of sp³-hybridized carbons (Fsp3) is 0.667. The van der Waals surface area contributed by atoms with Crippen LogP contribution in [0.25, 0.3) is 0 Å². The molecule has 0 heterocycles. The number of rotatable bonds is 0. The summed E-state index contributed by atoms with van der Waals surface area (Å²) in [6, 6.07) is 0. The van der Waals surface area contributed by atoms with Crippen molar-refractivity contribution in [2.24, 2.45) is 11.3 Å². The predicted octanol–water partition coefficient (Wildman–Crippen LogP) is 2.18. The molecular weight excluding hydrogens is 124 g/mol. The van der Waals surface area contributed by atoms with Gasteiger partial charge in [-0.3, -0.25) is 4.79 Å². The standard InChI is InChI=1S/C9H14O/c1-7-5-4-6-9(2,3)8(7)10/h4,6-7H,5H2,1-3H3. The first-order valence-corrected chi connectivity index (χ1v) is 3.76. The summed E-state index contributed by atoms with van der Waals surface area (Å²) in [5.41, 5.74) is -0.211. The zero-order valence-corrected chi connectivity index (χ0v) is 6.85. The minimum absolute atomic E-state index is 0.211. The largest absolute Gasteiger partial charge is 0.298 e. The van der Waals surface area contributed by atoms with Crippen LogP contribution in [0.4, 0.5) is 0 Å². The number of Topliss-reactive ketones (excluding diaryl/α,β-unsaturated/α-hetero) is 1. The molecular formula is C9H14O. The SMILES string of the molecule is CC1CC=CC(C)(C)C1=O. The molecule has 1 aliphatic carbocycles. The van der Waals surface area contributed by atoms with E-state index >= 15 is 0 Å². The molecule has 0 spiro atoms. The second-order valence-electron chi connectivity index (χ2n) is 3.63. The van der Waals surface area contributed by atoms with Crippen LogP contribution >= 0.6 is 0 Å². The summed E-state index contributed by atoms with van der Waals surface area (Å²) in [5.74, 6) is 0.593. The van der Waals surface area contributed by atoms with E-state index in [1.165, 1.54) is 0 Å². The van der Waals surface area contributed by atoms with Crippen molar-refractivity contribution < 1.29 is 4.79 Å². The minimum atomic E-state index is -0.211. The fourth-order valence-corrected chi connectivity index (χ4v) is 1.39. The summed E-state index contributed by atoms with van der Waals surface area (Å²) >= 11 is 0. The van der Waals surface area contributed by atoms with E-state index in [-0.39, 0.29) is 11.3 Å². The van der Waals surface area contributed by atoms with Crippen LogP contribution in [0.2, 0.25) is 0 Å². The predicted molar refractivity (Wildman–Crippen MR) is 41.7 cm³/mol. The summed E-state index contributed by atoms with van der Waals surface area (Å²) in [4.78, 5) is 11.4. The van der Waals surface area contributed by atoms with Gasteiger partial charge in [0.05, 0.1) is 0 Å². The van der Waals surface area contributed by atoms with Crippen molar-refractivity contribution in [2.45, 2.75) is 27.2 Å². The van der Waals surface area contributed by atoms with Gasteiger partial charge in [-0.05, 0) is 20.3 Å². The van der Waals surface area contributed by atoms with Gasteiger partial charge in [0.25, 0.3) is 0 Å². The number of hydrogen-bond donors (Lipinski definition) is 0. The van der Waals surface area contributed by atoms with E-state index in [0.29, 0.717) is 5.78 Å². The molecule has 56 valence electrons. The number of ketones is 1. The zero-order chi connectivity index (χ0) is 7.78. The van der Waals surface area contributed by atoms with Gasteiger partial charge in [0.1, 0.15) is 5.78 Å². The normalized spacial score (nSPS) is 30.7. The van der Waals surface area contributed by atoms with E-state index in [2.05, 4.69) is 6.08 Å². The summed E-state index contributed by atoms with van der Waals surface area (Å²) in [6.07, 6.45) is 5.03. The summed E-state index contributed by atoms with van der Waals surface area (Å²) in [7, 11) is 0. The molecule has 1 heteroatoms. The highest BCUT2D eigenvalue weighted by Gasteiger charge is 2.30. The monoisotopic (exact) mass is 138 g/mol. The van der Waals surface area contributed by atoms with Gasteiger partial charge in [-0.25, -0.2) is 0 Å². The van der Waals surface area contributed by atoms with Crippen molar-refractivity contribution in [1.82, 2.24) is 0 Å². The molecule has 0 aliphatic heterocycles. The second kappa shape index (κ2) is 2.22. The first-order chi connectivity index (χ1) is 4.54. The van der Waals surface area contributed by atoms with Gasteiger partial charge in [-0.15, -0.1) is 0 Å². The highest BCUT2D eigenvalue weighted by atomic mass is 16.1. The van der Waals surface area contributed by atoms with Crippen LogP contribution in [0.15, 0.2) is 12.2 Å². The third kappa shape index (κ3) is 1.13. The molecule has 0 saturated carbocycles. The van der Waals surface area contributed by atoms with Crippen molar-refractivity contribution in [3.8, 4) is 0 Å². The van der Waals surface area contributed by atoms with E-state index in [4.69, 9.17) is 0 Å². The number of hydrogen-bond acceptors (Lipinski definition) is 1. The molecule has 0 amide bonds. The van der Waals surface area contributed by atoms with Gasteiger partial charge in [0.15, 0.2) is 0 Å². The number of allylic oxidation sites excluding steroid dienone is 2. The van der Waals surface area contributed by atoms with E-state index in [1.807, 2.05) is 26.8 Å². The van der Waals surface area contributed by atoms with Crippen molar-refractivity contribution in [3.63, 3.8) is 0 Å². The summed E-state index contributed by atoms with van der Waals surface area (Å²) < 4.78 is 0. The van der Waals surface area contributed by atoms with Gasteiger partial charge in [-0.2, -0.15) is 0 Å². The average Bonchev–Trinajstić information content (AvgIpc) is 1.83. The first kappa shape index (κ1) is 7.52. The van der Waals surface area contributed by atoms with Crippen LogP contribution in [0.1, 0.15) is 27.2 Å². The van der Waals surface area contributed by atoms with E-state index in [0.717, 1.165) is 6.42 Å². The van der Waals surface area contributed by atoms with Gasteiger partial charge >= 0.3 is 0 Å². The number of carbonyl (C=O) groups excluding carboxylic acids is 1. The smallest absolute Gasteiger partial charge is 0.145 e. The first-order valence-electron chi connectivity index (χ1n) is 3.76. The van der Waals surface area contributed by atoms with Crippen LogP contribution in [0.3, 0.4) is 0 Å². The van der Waals surface area contributed by atoms with Gasteiger partial charge in [0, 0.05) is 11.3 Å². The minimum Gasteiger partial charge on any atom is -0.298 e. The van der Waals surface area contributed by atoms with Crippen molar-refractivity contribution in [3.05, 3.63) is 12.2 Å². The van der Waals surface area contributed by atoms with Crippen LogP contribution in [0, 0.1) is 11.3 Å². The average molecular weight is 138 g/mol. The fourth-order valence-electron chi connectivity index (χ4n) is 1.39. The van der Waals surface area contributed by atoms with E-state index in [1.54, 1.807) is 0 Å². The molecule has 0 bridgehead atoms. The molecule has 1 rings (SSSR count). The molecule has 1 nitrogen and oxygen atoms in total. The molecule has 0 fully saturated rings. The van der Waals surface area contributed by atoms with Crippen LogP contribution in [-0.2, 0) is 4.79 Å². The Morgan fingerprint density at radius 1 is 1.60 bits per heavy atom. The summed E-state index contributed by atoms with van der Waals surface area (Å²) in [5, 5.41) is 0. The third-order valence-corrected chi connectivity index (χ3v) is 2.11. The molecule has 10 heavy (non-hydrogen) atoms. The Labute approximate surface area is 62.1 Å². The molecule has 0 saturated heterocycles. The molecule has 1 aliphatic rings. The lowest BCUT2D eigenvalue weighted by Crippen LogP contribution is -2.30. The van der Waals surface area contributed by atoms with E-state index < -0.39 is 0 Å². The highest BCUT2D eigenvalue weighted by molar-refractivity contribution is 5.88. The zero-order valence-electron chi connectivity index (χ0n) is 6.85. The third-order valence-electron chi connectivity index (χ3n) is 2.11. The maximum atomic E-state index is 11.4. The van der Waals surface area contributed by atoms with Crippen molar-refractivity contribution in [1.29, 1.82) is 0 Å². The molecule has 0 aromatic heterocycles. The van der Waals surface area contributed by atoms with Crippen LogP contribution in [-0.4, -0.2) is 5.78 Å². The van der Waals surface area contributed by atoms with Crippen LogP contribution in [0.5, 0.6) is 0 Å². The molecule has 0 radical (unpaired) electrons. The van der Waals surface area contributed by atoms with Crippen molar-refractivity contribution in [2.75, 3.05) is 0 Å². The molecule has 0 aromatic carbocycles. The Morgan fingerprint density at radius 3 is 2.60 bits per heavy atom. The maximum absolute atomic E-state index is 11.4. The Kier molecular flexibility index (Phi) is 1.67. The lowest BCUT2D eigenvalue weighted by atomic mass is 9.76. The molecule has 1 atom stereocenters. The van der Waals surface area contributed by atoms with Crippen LogP contribution < -0.4 is 0 Å². The van der Waals surface area contributed by atoms with Gasteiger partial charge in [0.2, 0.25) is 0 Å². The molecule has 1 unspecified atom stereocenters. The van der Waals surface area contributed by atoms with Gasteiger partial charge < -0.3 is 0 Å². The molecule has 0 N–H and O–H groups in total. The lowest BCUT2D eigenvalue weighted by molar-refractivity contribution is -0.128. The van der Waals surface area contributed by atoms with Crippen molar-refractivity contribution >= 4 is 5.78 Å². The summed E-state index contributed by atoms with van der Waals surface area (Å²) in [6.45, 7) is 5.94. The topological polar surface area (TPSA) is 17.1 Å². The lowest BCUT2D eigenvalue weighted by Gasteiger charge is -2.26. The Hall–Kier alpha value is -0.590. The maximum Gasteiger partial charge on any atom is 0.145 e. The Bertz CT molecular complexity index is 177. The highest BCUT2D eigenvalue weighted by Crippen LogP contribution is 2.29. The Balaban J connectivity index is 2.87. The quantitative estimate of drug-likeness (QED) is 0.469. The van der Waals surface area contributed by atoms with Gasteiger partial charge in [-0.1, -0.05) is 19.1 Å². The van der Waals surface area contributed by atoms with E-state index in [9.17, 15) is 4.79 Å².